The average molecular weight is 276 g/mol. The fourth-order valence-electron chi connectivity index (χ4n) is 2.83. The van der Waals surface area contributed by atoms with Crippen molar-refractivity contribution in [2.24, 2.45) is 5.92 Å². The molecule has 0 aromatic heterocycles. The summed E-state index contributed by atoms with van der Waals surface area (Å²) in [6.45, 7) is 14.0. The highest BCUT2D eigenvalue weighted by atomic mass is 14.2. The predicted octanol–water partition coefficient (Wildman–Crippen LogP) is 6.07. The second-order valence-corrected chi connectivity index (χ2v) is 5.24. The number of fused-ring (bicyclic) bond motifs is 2. The van der Waals surface area contributed by atoms with E-state index >= 15 is 0 Å². The van der Waals surface area contributed by atoms with E-state index in [0.29, 0.717) is 5.92 Å². The van der Waals surface area contributed by atoms with E-state index in [-0.39, 0.29) is 0 Å². The van der Waals surface area contributed by atoms with Crippen LogP contribution in [0.15, 0.2) is 55.2 Å². The zero-order chi connectivity index (χ0) is 15.4. The summed E-state index contributed by atoms with van der Waals surface area (Å²) in [4.78, 5) is 0. The first-order valence-corrected chi connectivity index (χ1v) is 7.74. The summed E-state index contributed by atoms with van der Waals surface area (Å²) in [7, 11) is 0. The molecule has 21 heavy (non-hydrogen) atoms. The molecule has 0 heterocycles. The molecule has 0 aliphatic heterocycles. The van der Waals surface area contributed by atoms with E-state index in [2.05, 4.69) is 56.5 Å². The summed E-state index contributed by atoms with van der Waals surface area (Å²) >= 11 is 0. The molecule has 0 N–H and O–H groups in total. The molecule has 2 aliphatic rings. The van der Waals surface area contributed by atoms with E-state index < -0.39 is 0 Å². The summed E-state index contributed by atoms with van der Waals surface area (Å²) < 4.78 is 0. The van der Waals surface area contributed by atoms with Crippen LogP contribution in [0.2, 0.25) is 0 Å². The summed E-state index contributed by atoms with van der Waals surface area (Å²) in [6, 6.07) is 4.49. The first kappa shape index (κ1) is 15.3. The monoisotopic (exact) mass is 276 g/mol. The van der Waals surface area contributed by atoms with Gasteiger partial charge in [-0.1, -0.05) is 76.5 Å². The van der Waals surface area contributed by atoms with Crippen LogP contribution < -0.4 is 0 Å². The zero-order valence-electron chi connectivity index (χ0n) is 13.3. The van der Waals surface area contributed by atoms with Crippen LogP contribution in [0, 0.1) is 5.92 Å². The van der Waals surface area contributed by atoms with Gasteiger partial charge in [-0.3, -0.25) is 0 Å². The average Bonchev–Trinajstić information content (AvgIpc) is 2.77. The van der Waals surface area contributed by atoms with Crippen molar-refractivity contribution < 1.29 is 0 Å². The van der Waals surface area contributed by atoms with Crippen LogP contribution in [0.25, 0.3) is 17.7 Å². The maximum atomic E-state index is 3.90. The fourth-order valence-corrected chi connectivity index (χ4v) is 2.83. The molecule has 0 fully saturated rings. The summed E-state index contributed by atoms with van der Waals surface area (Å²) in [5.74, 6) is 0.514. The van der Waals surface area contributed by atoms with E-state index in [1.165, 1.54) is 27.8 Å². The lowest BCUT2D eigenvalue weighted by Gasteiger charge is -2.08. The van der Waals surface area contributed by atoms with Gasteiger partial charge in [-0.15, -0.1) is 0 Å². The second kappa shape index (κ2) is 6.58. The second-order valence-electron chi connectivity index (χ2n) is 5.24. The number of rotatable bonds is 2. The van der Waals surface area contributed by atoms with Crippen molar-refractivity contribution in [3.05, 3.63) is 77.4 Å². The van der Waals surface area contributed by atoms with Gasteiger partial charge in [0.05, 0.1) is 0 Å². The molecule has 1 aromatic rings. The summed E-state index contributed by atoms with van der Waals surface area (Å²) in [5, 5.41) is 0. The van der Waals surface area contributed by atoms with Crippen LogP contribution in [-0.4, -0.2) is 0 Å². The molecular weight excluding hydrogens is 252 g/mol. The largest absolute Gasteiger partial charge is 0.0984 e. The molecule has 0 saturated carbocycles. The molecular formula is C21H24. The van der Waals surface area contributed by atoms with Crippen molar-refractivity contribution in [3.63, 3.8) is 0 Å². The lowest BCUT2D eigenvalue weighted by Crippen LogP contribution is -1.90. The van der Waals surface area contributed by atoms with E-state index in [4.69, 9.17) is 0 Å². The van der Waals surface area contributed by atoms with Crippen molar-refractivity contribution in [1.29, 1.82) is 0 Å². The molecule has 1 unspecified atom stereocenters. The Balaban J connectivity index is 0.000000774. The van der Waals surface area contributed by atoms with Gasteiger partial charge in [0.25, 0.3) is 0 Å². The predicted molar refractivity (Wildman–Crippen MR) is 96.0 cm³/mol. The smallest absolute Gasteiger partial charge is 0.00133 e. The van der Waals surface area contributed by atoms with Crippen molar-refractivity contribution in [2.75, 3.05) is 0 Å². The lowest BCUT2D eigenvalue weighted by molar-refractivity contribution is 0.940. The van der Waals surface area contributed by atoms with Gasteiger partial charge in [0.1, 0.15) is 0 Å². The van der Waals surface area contributed by atoms with Crippen LogP contribution >= 0.6 is 0 Å². The summed E-state index contributed by atoms with van der Waals surface area (Å²) in [6.07, 6.45) is 13.9. The van der Waals surface area contributed by atoms with E-state index in [1.54, 1.807) is 0 Å². The van der Waals surface area contributed by atoms with E-state index in [9.17, 15) is 0 Å². The molecule has 1 aromatic carbocycles. The van der Waals surface area contributed by atoms with Crippen molar-refractivity contribution >= 4 is 17.7 Å². The van der Waals surface area contributed by atoms with Gasteiger partial charge < -0.3 is 0 Å². The van der Waals surface area contributed by atoms with E-state index in [0.717, 1.165) is 12.0 Å². The van der Waals surface area contributed by atoms with Crippen LogP contribution in [0.5, 0.6) is 0 Å². The minimum atomic E-state index is 0.514. The fraction of sp³-hybridized carbons (Fsp3) is 0.238. The van der Waals surface area contributed by atoms with Crippen LogP contribution in [0.4, 0.5) is 0 Å². The standard InChI is InChI=1S/C19H18.C2H6/c1-4-14-10-17-11-16-8-6-13(3)7-9-18(16)19(17)12-15(14)5-2;1-2/h4-10,12-13H,1-2,11H2,3H3;1-2H3. The Morgan fingerprint density at radius 2 is 1.62 bits per heavy atom. The Morgan fingerprint density at radius 3 is 2.29 bits per heavy atom. The Bertz CT molecular complexity index is 651. The van der Waals surface area contributed by atoms with Crippen LogP contribution in [0.3, 0.4) is 0 Å². The highest BCUT2D eigenvalue weighted by molar-refractivity contribution is 5.87. The number of benzene rings is 1. The Labute approximate surface area is 128 Å². The van der Waals surface area contributed by atoms with Gasteiger partial charge in [0.2, 0.25) is 0 Å². The molecule has 0 bridgehead atoms. The van der Waals surface area contributed by atoms with Crippen molar-refractivity contribution in [2.45, 2.75) is 27.2 Å². The van der Waals surface area contributed by atoms with Gasteiger partial charge in [-0.25, -0.2) is 0 Å². The van der Waals surface area contributed by atoms with Gasteiger partial charge in [-0.05, 0) is 51.8 Å². The number of hydrogen-bond donors (Lipinski definition) is 0. The maximum Gasteiger partial charge on any atom is -0.00133 e. The molecule has 0 saturated heterocycles. The first-order valence-electron chi connectivity index (χ1n) is 7.74. The molecule has 0 amide bonds. The van der Waals surface area contributed by atoms with Crippen LogP contribution in [0.1, 0.15) is 43.0 Å². The highest BCUT2D eigenvalue weighted by Crippen LogP contribution is 2.38. The van der Waals surface area contributed by atoms with Crippen molar-refractivity contribution in [1.82, 2.24) is 0 Å². The Kier molecular flexibility index (Phi) is 4.80. The minimum absolute atomic E-state index is 0.514. The topological polar surface area (TPSA) is 0 Å². The Hall–Kier alpha value is -2.08. The molecule has 108 valence electrons. The highest BCUT2D eigenvalue weighted by Gasteiger charge is 2.20. The van der Waals surface area contributed by atoms with Crippen LogP contribution in [-0.2, 0) is 6.42 Å². The third kappa shape index (κ3) is 2.85. The third-order valence-electron chi connectivity index (χ3n) is 3.93. The number of hydrogen-bond acceptors (Lipinski definition) is 0. The van der Waals surface area contributed by atoms with Gasteiger partial charge in [0, 0.05) is 0 Å². The first-order chi connectivity index (χ1) is 10.2. The summed E-state index contributed by atoms with van der Waals surface area (Å²) in [5.41, 5.74) is 7.88. The van der Waals surface area contributed by atoms with Gasteiger partial charge in [-0.2, -0.15) is 0 Å². The molecule has 1 atom stereocenters. The van der Waals surface area contributed by atoms with Crippen molar-refractivity contribution in [3.8, 4) is 0 Å². The zero-order valence-corrected chi connectivity index (χ0v) is 13.3. The van der Waals surface area contributed by atoms with Gasteiger partial charge >= 0.3 is 0 Å². The molecule has 0 nitrogen and oxygen atoms in total. The molecule has 0 heteroatoms. The lowest BCUT2D eigenvalue weighted by atomic mass is 9.96. The minimum Gasteiger partial charge on any atom is -0.0984 e. The normalized spacial score (nSPS) is 18.3. The molecule has 3 rings (SSSR count). The molecule has 0 spiro atoms. The third-order valence-corrected chi connectivity index (χ3v) is 3.93. The van der Waals surface area contributed by atoms with Gasteiger partial charge in [0.15, 0.2) is 0 Å². The van der Waals surface area contributed by atoms with E-state index in [1.807, 2.05) is 26.0 Å². The number of allylic oxidation sites excluding steroid dienone is 6. The quantitative estimate of drug-likeness (QED) is 0.615. The molecule has 2 aliphatic carbocycles. The Morgan fingerprint density at radius 1 is 1.00 bits per heavy atom. The molecule has 0 radical (unpaired) electrons. The maximum absolute atomic E-state index is 3.90. The SMILES string of the molecule is C=Cc1cc2c(cc1C=C)C1=C(C=CC(C)C=C1)C2.CC.